The Morgan fingerprint density at radius 3 is 1.22 bits per heavy atom. The molecule has 4 aliphatic carbocycles. The largest absolute Gasteiger partial charge is 0.462 e. The molecule has 0 aliphatic heterocycles. The molecule has 0 aromatic carbocycles. The summed E-state index contributed by atoms with van der Waals surface area (Å²) in [6.07, 6.45) is 36.9. The number of hydrogen-bond donors (Lipinski definition) is 2. The van der Waals surface area contributed by atoms with Crippen molar-refractivity contribution in [2.45, 2.75) is 207 Å². The summed E-state index contributed by atoms with van der Waals surface area (Å²) >= 11 is 0. The molecule has 0 bridgehead atoms. The molecule has 4 rings (SSSR count). The summed E-state index contributed by atoms with van der Waals surface area (Å²) in [5, 5.41) is 18.7. The molecule has 8 heteroatoms. The predicted octanol–water partition coefficient (Wildman–Crippen LogP) is 13.5. The lowest BCUT2D eigenvalue weighted by atomic mass is 9.67. The third-order valence-electron chi connectivity index (χ3n) is 16.1. The second-order valence-electron chi connectivity index (χ2n) is 21.3. The summed E-state index contributed by atoms with van der Waals surface area (Å²) in [5.74, 6) is 6.27. The van der Waals surface area contributed by atoms with E-state index in [-0.39, 0.29) is 36.6 Å². The normalized spacial score (nSPS) is 26.9. The molecule has 4 saturated carbocycles. The Morgan fingerprint density at radius 1 is 0.500 bits per heavy atom. The number of carbonyl (C=O) groups excluding carboxylic acids is 3. The first-order valence-corrected chi connectivity index (χ1v) is 26.6. The number of hydrogen-bond acceptors (Lipinski definition) is 8. The van der Waals surface area contributed by atoms with Gasteiger partial charge in [0, 0.05) is 23.7 Å². The molecule has 0 aromatic rings. The summed E-state index contributed by atoms with van der Waals surface area (Å²) in [4.78, 5) is 35.2. The number of carbonyl (C=O) groups is 3. The smallest absolute Gasteiger partial charge is 0.335 e. The molecule has 0 radical (unpaired) electrons. The predicted molar refractivity (Wildman–Crippen MR) is 261 cm³/mol. The van der Waals surface area contributed by atoms with E-state index in [0.29, 0.717) is 48.7 Å². The molecule has 4 aliphatic rings. The maximum Gasteiger partial charge on any atom is 0.335 e. The Morgan fingerprint density at radius 2 is 0.859 bits per heavy atom. The zero-order chi connectivity index (χ0) is 46.7. The van der Waals surface area contributed by atoms with Crippen LogP contribution in [0.3, 0.4) is 0 Å². The van der Waals surface area contributed by atoms with Crippen LogP contribution in [0.4, 0.5) is 0 Å². The fourth-order valence-corrected chi connectivity index (χ4v) is 11.8. The van der Waals surface area contributed by atoms with Crippen LogP contribution in [0.15, 0.2) is 36.5 Å². The summed E-state index contributed by atoms with van der Waals surface area (Å²) < 4.78 is 15.9. The highest BCUT2D eigenvalue weighted by molar-refractivity contribution is 5.88. The van der Waals surface area contributed by atoms with Crippen molar-refractivity contribution in [3.8, 4) is 0 Å². The number of esters is 3. The van der Waals surface area contributed by atoms with Gasteiger partial charge in [-0.05, 0) is 144 Å². The van der Waals surface area contributed by atoms with Gasteiger partial charge < -0.3 is 24.4 Å². The molecule has 2 atom stereocenters. The molecule has 368 valence electrons. The molecule has 2 unspecified atom stereocenters. The van der Waals surface area contributed by atoms with Gasteiger partial charge in [0.05, 0.1) is 32.0 Å². The zero-order valence-electron chi connectivity index (χ0n) is 41.6. The van der Waals surface area contributed by atoms with E-state index in [1.54, 1.807) is 13.8 Å². The molecular formula is C56H96O8. The Labute approximate surface area is 391 Å². The summed E-state index contributed by atoms with van der Waals surface area (Å²) in [6.45, 7) is 19.4. The van der Waals surface area contributed by atoms with Crippen molar-refractivity contribution in [1.29, 1.82) is 0 Å². The van der Waals surface area contributed by atoms with Crippen molar-refractivity contribution >= 4 is 17.9 Å². The zero-order valence-corrected chi connectivity index (χ0v) is 41.6. The first kappa shape index (κ1) is 55.9. The van der Waals surface area contributed by atoms with E-state index in [4.69, 9.17) is 19.3 Å². The van der Waals surface area contributed by atoms with Gasteiger partial charge in [-0.2, -0.15) is 0 Å². The molecule has 64 heavy (non-hydrogen) atoms. The van der Waals surface area contributed by atoms with Crippen LogP contribution < -0.4 is 0 Å². The van der Waals surface area contributed by atoms with E-state index in [1.165, 1.54) is 154 Å². The van der Waals surface area contributed by atoms with Crippen molar-refractivity contribution in [2.24, 2.45) is 59.2 Å². The summed E-state index contributed by atoms with van der Waals surface area (Å²) in [5.41, 5.74) is 0.920. The van der Waals surface area contributed by atoms with Gasteiger partial charge in [0.25, 0.3) is 0 Å². The summed E-state index contributed by atoms with van der Waals surface area (Å²) in [7, 11) is 0. The Bertz CT molecular complexity index is 1340. The third-order valence-corrected chi connectivity index (χ3v) is 16.1. The Kier molecular flexibility index (Phi) is 28.2. The fraction of sp³-hybridized carbons (Fsp3) is 0.839. The maximum absolute atomic E-state index is 11.8. The Hall–Kier alpha value is -2.45. The van der Waals surface area contributed by atoms with Gasteiger partial charge in [-0.15, -0.1) is 0 Å². The van der Waals surface area contributed by atoms with Crippen molar-refractivity contribution in [1.82, 2.24) is 0 Å². The van der Waals surface area contributed by atoms with Crippen LogP contribution in [0.2, 0.25) is 0 Å². The lowest BCUT2D eigenvalue weighted by Gasteiger charge is -2.38. The maximum atomic E-state index is 11.8. The molecule has 4 fully saturated rings. The standard InChI is InChI=1S/C31H52O5.C25H44O3/c1-5-6-7-8-25-9-13-28(14-10-25)29-15-11-26(12-16-29)21-27(17-19-35-30(33)23(2)3)18-20-36-31(34)24(4)22-32;1-4-5-6-7-20-8-12-23(13-9-20)24-14-10-21(11-15-24)16-22(17-26)18-28-25(27)19(2)3/h25-29,32H,2,4-22H2,1,3H3;20-24,26H,2,4-18H2,1,3H3. The average molecular weight is 897 g/mol. The average Bonchev–Trinajstić information content (AvgIpc) is 3.31. The highest BCUT2D eigenvalue weighted by atomic mass is 16.5. The number of aliphatic hydroxyl groups is 2. The van der Waals surface area contributed by atoms with Gasteiger partial charge in [0.1, 0.15) is 0 Å². The van der Waals surface area contributed by atoms with Gasteiger partial charge in [-0.1, -0.05) is 136 Å². The van der Waals surface area contributed by atoms with Crippen LogP contribution in [0.5, 0.6) is 0 Å². The number of rotatable bonds is 27. The van der Waals surface area contributed by atoms with E-state index >= 15 is 0 Å². The third kappa shape index (κ3) is 21.9. The quantitative estimate of drug-likeness (QED) is 0.0362. The molecule has 0 amide bonds. The monoisotopic (exact) mass is 897 g/mol. The van der Waals surface area contributed by atoms with Gasteiger partial charge in [0.2, 0.25) is 0 Å². The van der Waals surface area contributed by atoms with Crippen LogP contribution in [0, 0.1) is 59.2 Å². The minimum Gasteiger partial charge on any atom is -0.462 e. The minimum absolute atomic E-state index is 0.0726. The van der Waals surface area contributed by atoms with E-state index in [0.717, 1.165) is 61.2 Å². The van der Waals surface area contributed by atoms with E-state index in [9.17, 15) is 19.5 Å². The van der Waals surface area contributed by atoms with E-state index in [2.05, 4.69) is 33.6 Å². The van der Waals surface area contributed by atoms with Gasteiger partial charge >= 0.3 is 17.9 Å². The van der Waals surface area contributed by atoms with E-state index in [1.807, 2.05) is 0 Å². The second-order valence-corrected chi connectivity index (χ2v) is 21.3. The minimum atomic E-state index is -0.537. The van der Waals surface area contributed by atoms with Crippen molar-refractivity contribution < 1.29 is 38.8 Å². The van der Waals surface area contributed by atoms with Crippen LogP contribution in [-0.4, -0.2) is 61.2 Å². The SMILES string of the molecule is C=C(C)C(=O)OCC(CO)CC1CCC(C2CCC(CCCCC)CC2)CC1.C=C(C)C(=O)OCCC(CCOC(=O)C(=C)CO)CC1CCC(C2CCC(CCCCC)CC2)CC1. The van der Waals surface area contributed by atoms with Gasteiger partial charge in [0.15, 0.2) is 0 Å². The highest BCUT2D eigenvalue weighted by Gasteiger charge is 2.33. The van der Waals surface area contributed by atoms with Crippen LogP contribution in [-0.2, 0) is 28.6 Å². The van der Waals surface area contributed by atoms with E-state index < -0.39 is 5.97 Å². The highest BCUT2D eigenvalue weighted by Crippen LogP contribution is 2.45. The first-order valence-electron chi connectivity index (χ1n) is 26.6. The van der Waals surface area contributed by atoms with Crippen LogP contribution >= 0.6 is 0 Å². The molecule has 0 saturated heterocycles. The van der Waals surface area contributed by atoms with Gasteiger partial charge in [-0.25, -0.2) is 14.4 Å². The van der Waals surface area contributed by atoms with Crippen molar-refractivity contribution in [3.05, 3.63) is 36.5 Å². The lowest BCUT2D eigenvalue weighted by molar-refractivity contribution is -0.141. The molecular weight excluding hydrogens is 801 g/mol. The molecule has 8 nitrogen and oxygen atoms in total. The number of ether oxygens (including phenoxy) is 3. The van der Waals surface area contributed by atoms with Crippen LogP contribution in [0.1, 0.15) is 207 Å². The summed E-state index contributed by atoms with van der Waals surface area (Å²) in [6, 6.07) is 0. The molecule has 0 aromatic heterocycles. The lowest BCUT2D eigenvalue weighted by Crippen LogP contribution is -2.27. The first-order chi connectivity index (χ1) is 30.9. The molecule has 2 N–H and O–H groups in total. The number of aliphatic hydroxyl groups excluding tert-OH is 2. The fourth-order valence-electron chi connectivity index (χ4n) is 11.8. The van der Waals surface area contributed by atoms with Crippen molar-refractivity contribution in [2.75, 3.05) is 33.0 Å². The van der Waals surface area contributed by atoms with Crippen molar-refractivity contribution in [3.63, 3.8) is 0 Å². The molecule has 0 heterocycles. The Balaban J connectivity index is 0.000000351. The number of unbranched alkanes of at least 4 members (excludes halogenated alkanes) is 4. The molecule has 0 spiro atoms. The van der Waals surface area contributed by atoms with Gasteiger partial charge in [-0.3, -0.25) is 0 Å². The topological polar surface area (TPSA) is 119 Å². The second kappa shape index (κ2) is 32.3. The van der Waals surface area contributed by atoms with Crippen LogP contribution in [0.25, 0.3) is 0 Å².